The lowest BCUT2D eigenvalue weighted by Crippen LogP contribution is -2.45. The molecule has 0 aliphatic carbocycles. The molecule has 1 unspecified atom stereocenters. The second-order valence-corrected chi connectivity index (χ2v) is 5.78. The van der Waals surface area contributed by atoms with E-state index in [1.807, 2.05) is 0 Å². The predicted octanol–water partition coefficient (Wildman–Crippen LogP) is 2.22. The third-order valence-corrected chi connectivity index (χ3v) is 3.80. The molecule has 0 aliphatic heterocycles. The van der Waals surface area contributed by atoms with Crippen LogP contribution in [0.25, 0.3) is 5.69 Å². The second kappa shape index (κ2) is 6.83. The van der Waals surface area contributed by atoms with E-state index < -0.39 is 0 Å². The van der Waals surface area contributed by atoms with Crippen LogP contribution in [0.4, 0.5) is 0 Å². The van der Waals surface area contributed by atoms with E-state index in [-0.39, 0.29) is 12.1 Å². The van der Waals surface area contributed by atoms with E-state index in [0.717, 1.165) is 30.6 Å². The Balaban J connectivity index is 2.07. The molecule has 0 bridgehead atoms. The molecule has 1 aromatic heterocycles. The van der Waals surface area contributed by atoms with Crippen LogP contribution in [0.3, 0.4) is 0 Å². The van der Waals surface area contributed by atoms with Crippen molar-refractivity contribution in [3.8, 4) is 5.69 Å². The molecular weight excluding hydrogens is 264 g/mol. The Kier molecular flexibility index (Phi) is 5.09. The number of nitrogens with zero attached hydrogens (tertiary/aromatic N) is 3. The summed E-state index contributed by atoms with van der Waals surface area (Å²) in [5.41, 5.74) is 3.18. The Morgan fingerprint density at radius 1 is 1.38 bits per heavy atom. The van der Waals surface area contributed by atoms with Crippen LogP contribution in [-0.2, 0) is 6.54 Å². The summed E-state index contributed by atoms with van der Waals surface area (Å²) in [4.78, 5) is 3.97. The van der Waals surface area contributed by atoms with Gasteiger partial charge in [-0.25, -0.2) is 9.67 Å². The van der Waals surface area contributed by atoms with Gasteiger partial charge in [0.25, 0.3) is 0 Å². The van der Waals surface area contributed by atoms with Crippen LogP contribution < -0.4 is 5.32 Å². The van der Waals surface area contributed by atoms with Crippen molar-refractivity contribution in [1.82, 2.24) is 20.1 Å². The normalized spacial score (nSPS) is 14.1. The number of aromatic nitrogens is 3. The highest BCUT2D eigenvalue weighted by atomic mass is 16.3. The lowest BCUT2D eigenvalue weighted by atomic mass is 9.96. The number of hydrogen-bond acceptors (Lipinski definition) is 4. The standard InChI is InChI=1S/C16H24N4O/c1-4-7-16(3,10-21)18-9-14-5-6-15(13(2)8-14)20-12-17-11-19-20/h5-6,8,11-12,18,21H,4,7,9-10H2,1-3H3. The highest BCUT2D eigenvalue weighted by Crippen LogP contribution is 2.17. The summed E-state index contributed by atoms with van der Waals surface area (Å²) in [5.74, 6) is 0. The van der Waals surface area contributed by atoms with Gasteiger partial charge < -0.3 is 10.4 Å². The third kappa shape index (κ3) is 3.89. The molecule has 21 heavy (non-hydrogen) atoms. The molecule has 0 radical (unpaired) electrons. The van der Waals surface area contributed by atoms with Crippen LogP contribution in [0.5, 0.6) is 0 Å². The maximum atomic E-state index is 9.54. The lowest BCUT2D eigenvalue weighted by molar-refractivity contribution is 0.163. The summed E-state index contributed by atoms with van der Waals surface area (Å²) in [5, 5.41) is 17.2. The van der Waals surface area contributed by atoms with Crippen molar-refractivity contribution in [3.63, 3.8) is 0 Å². The molecule has 5 heteroatoms. The average Bonchev–Trinajstić information content (AvgIpc) is 2.99. The minimum atomic E-state index is -0.215. The summed E-state index contributed by atoms with van der Waals surface area (Å²) >= 11 is 0. The highest BCUT2D eigenvalue weighted by Gasteiger charge is 2.21. The minimum Gasteiger partial charge on any atom is -0.394 e. The average molecular weight is 288 g/mol. The Hall–Kier alpha value is -1.72. The zero-order valence-electron chi connectivity index (χ0n) is 13.0. The smallest absolute Gasteiger partial charge is 0.138 e. The van der Waals surface area contributed by atoms with E-state index >= 15 is 0 Å². The molecule has 0 amide bonds. The zero-order valence-corrected chi connectivity index (χ0v) is 13.0. The van der Waals surface area contributed by atoms with E-state index in [4.69, 9.17) is 0 Å². The van der Waals surface area contributed by atoms with Gasteiger partial charge in [0.15, 0.2) is 0 Å². The van der Waals surface area contributed by atoms with Crippen LogP contribution in [0.1, 0.15) is 37.8 Å². The number of rotatable bonds is 7. The number of aliphatic hydroxyl groups excluding tert-OH is 1. The Morgan fingerprint density at radius 2 is 2.19 bits per heavy atom. The molecule has 0 fully saturated rings. The molecule has 0 spiro atoms. The molecule has 1 aromatic carbocycles. The van der Waals surface area contributed by atoms with Crippen molar-refractivity contribution < 1.29 is 5.11 Å². The van der Waals surface area contributed by atoms with E-state index in [0.29, 0.717) is 0 Å². The third-order valence-electron chi connectivity index (χ3n) is 3.80. The quantitative estimate of drug-likeness (QED) is 0.820. The topological polar surface area (TPSA) is 63.0 Å². The number of aliphatic hydroxyl groups is 1. The number of hydrogen-bond donors (Lipinski definition) is 2. The van der Waals surface area contributed by atoms with Gasteiger partial charge in [0.05, 0.1) is 12.3 Å². The summed E-state index contributed by atoms with van der Waals surface area (Å²) in [7, 11) is 0. The number of nitrogens with one attached hydrogen (secondary N) is 1. The zero-order chi connectivity index (χ0) is 15.3. The van der Waals surface area contributed by atoms with Gasteiger partial charge in [-0.05, 0) is 37.5 Å². The summed E-state index contributed by atoms with van der Waals surface area (Å²) < 4.78 is 1.77. The van der Waals surface area contributed by atoms with Crippen molar-refractivity contribution in [3.05, 3.63) is 42.0 Å². The van der Waals surface area contributed by atoms with Crippen LogP contribution in [0.15, 0.2) is 30.9 Å². The summed E-state index contributed by atoms with van der Waals surface area (Å²) in [6.45, 7) is 7.16. The molecule has 2 rings (SSSR count). The summed E-state index contributed by atoms with van der Waals surface area (Å²) in [6.07, 6.45) is 5.24. The van der Waals surface area contributed by atoms with Gasteiger partial charge in [0.2, 0.25) is 0 Å². The van der Waals surface area contributed by atoms with Gasteiger partial charge in [-0.1, -0.05) is 25.5 Å². The van der Waals surface area contributed by atoms with E-state index in [1.54, 1.807) is 11.0 Å². The van der Waals surface area contributed by atoms with Crippen molar-refractivity contribution in [1.29, 1.82) is 0 Å². The van der Waals surface area contributed by atoms with Crippen molar-refractivity contribution >= 4 is 0 Å². The Labute approximate surface area is 126 Å². The minimum absolute atomic E-state index is 0.150. The molecule has 0 aliphatic rings. The first-order chi connectivity index (χ1) is 10.1. The maximum Gasteiger partial charge on any atom is 0.138 e. The predicted molar refractivity (Wildman–Crippen MR) is 83.3 cm³/mol. The Morgan fingerprint density at radius 3 is 2.76 bits per heavy atom. The monoisotopic (exact) mass is 288 g/mol. The molecular formula is C16H24N4O. The van der Waals surface area contributed by atoms with Gasteiger partial charge in [0.1, 0.15) is 12.7 Å². The fraction of sp³-hybridized carbons (Fsp3) is 0.500. The second-order valence-electron chi connectivity index (χ2n) is 5.78. The first-order valence-corrected chi connectivity index (χ1v) is 7.38. The SMILES string of the molecule is CCCC(C)(CO)NCc1ccc(-n2cncn2)c(C)c1. The van der Waals surface area contributed by atoms with Crippen LogP contribution >= 0.6 is 0 Å². The van der Waals surface area contributed by atoms with E-state index in [2.05, 4.69) is 54.4 Å². The summed E-state index contributed by atoms with van der Waals surface area (Å²) in [6, 6.07) is 6.28. The maximum absolute atomic E-state index is 9.54. The molecule has 1 atom stereocenters. The Bertz CT molecular complexity index is 568. The van der Waals surface area contributed by atoms with Gasteiger partial charge in [-0.15, -0.1) is 0 Å². The van der Waals surface area contributed by atoms with E-state index in [9.17, 15) is 5.11 Å². The van der Waals surface area contributed by atoms with Crippen LogP contribution in [-0.4, -0.2) is 32.0 Å². The van der Waals surface area contributed by atoms with Crippen molar-refractivity contribution in [2.45, 2.75) is 45.7 Å². The van der Waals surface area contributed by atoms with Crippen LogP contribution in [0.2, 0.25) is 0 Å². The molecule has 0 saturated heterocycles. The number of aryl methyl sites for hydroxylation is 1. The number of benzene rings is 1. The van der Waals surface area contributed by atoms with Gasteiger partial charge in [-0.3, -0.25) is 0 Å². The largest absolute Gasteiger partial charge is 0.394 e. The van der Waals surface area contributed by atoms with Crippen LogP contribution in [0, 0.1) is 6.92 Å². The molecule has 0 saturated carbocycles. The van der Waals surface area contributed by atoms with Crippen molar-refractivity contribution in [2.75, 3.05) is 6.61 Å². The fourth-order valence-corrected chi connectivity index (χ4v) is 2.51. The van der Waals surface area contributed by atoms with Gasteiger partial charge >= 0.3 is 0 Å². The van der Waals surface area contributed by atoms with E-state index in [1.165, 1.54) is 11.9 Å². The molecule has 2 aromatic rings. The van der Waals surface area contributed by atoms with Gasteiger partial charge in [0, 0.05) is 12.1 Å². The lowest BCUT2D eigenvalue weighted by Gasteiger charge is -2.28. The molecule has 1 heterocycles. The first-order valence-electron chi connectivity index (χ1n) is 7.38. The fourth-order valence-electron chi connectivity index (χ4n) is 2.51. The first kappa shape index (κ1) is 15.7. The highest BCUT2D eigenvalue weighted by molar-refractivity contribution is 5.41. The molecule has 2 N–H and O–H groups in total. The molecule has 114 valence electrons. The van der Waals surface area contributed by atoms with Crippen molar-refractivity contribution in [2.24, 2.45) is 0 Å². The van der Waals surface area contributed by atoms with Gasteiger partial charge in [-0.2, -0.15) is 5.10 Å². The molecule has 5 nitrogen and oxygen atoms in total.